The lowest BCUT2D eigenvalue weighted by atomic mass is 10.1. The van der Waals surface area contributed by atoms with Gasteiger partial charge in [0.1, 0.15) is 0 Å². The van der Waals surface area contributed by atoms with Crippen molar-refractivity contribution >= 4 is 11.8 Å². The van der Waals surface area contributed by atoms with Gasteiger partial charge in [0.05, 0.1) is 11.1 Å². The smallest absolute Gasteiger partial charge is 0.320 e. The minimum Gasteiger partial charge on any atom is -0.498 e. The third-order valence-corrected chi connectivity index (χ3v) is 2.17. The van der Waals surface area contributed by atoms with E-state index in [2.05, 4.69) is 5.01 Å². The van der Waals surface area contributed by atoms with Gasteiger partial charge in [0.25, 0.3) is 11.8 Å². The molecule has 0 aromatic heterocycles. The van der Waals surface area contributed by atoms with Gasteiger partial charge in [-0.05, 0) is 12.1 Å². The van der Waals surface area contributed by atoms with Crippen molar-refractivity contribution in [2.75, 3.05) is 6.54 Å². The van der Waals surface area contributed by atoms with Crippen LogP contribution in [0.25, 0.3) is 5.01 Å². The van der Waals surface area contributed by atoms with Crippen LogP contribution in [0.1, 0.15) is 20.7 Å². The molecule has 1 aliphatic rings. The minimum absolute atomic E-state index is 0.199. The summed E-state index contributed by atoms with van der Waals surface area (Å²) in [5.41, 5.74) is 0.713. The fourth-order valence-corrected chi connectivity index (χ4v) is 1.48. The SMILES string of the molecule is O=C1c2ccccc2C(=O)N1CC#[N+][O-]. The van der Waals surface area contributed by atoms with Gasteiger partial charge in [-0.25, -0.2) is 0 Å². The Balaban J connectivity index is 2.39. The van der Waals surface area contributed by atoms with Gasteiger partial charge in [-0.2, -0.15) is 0 Å². The largest absolute Gasteiger partial charge is 0.498 e. The first-order chi connectivity index (χ1) is 7.25. The van der Waals surface area contributed by atoms with Crippen LogP contribution in [0.2, 0.25) is 0 Å². The first-order valence-electron chi connectivity index (χ1n) is 4.26. The van der Waals surface area contributed by atoms with E-state index in [1.54, 1.807) is 24.3 Å². The summed E-state index contributed by atoms with van der Waals surface area (Å²) >= 11 is 0. The lowest BCUT2D eigenvalue weighted by Crippen LogP contribution is -2.29. The van der Waals surface area contributed by atoms with Gasteiger partial charge in [-0.3, -0.25) is 14.5 Å². The molecule has 0 fully saturated rings. The summed E-state index contributed by atoms with van der Waals surface area (Å²) in [5, 5.41) is 12.2. The number of amides is 2. The third-order valence-electron chi connectivity index (χ3n) is 2.17. The number of carbonyl (C=O) groups is 2. The van der Waals surface area contributed by atoms with Crippen LogP contribution in [-0.2, 0) is 0 Å². The van der Waals surface area contributed by atoms with E-state index in [0.717, 1.165) is 4.90 Å². The molecule has 5 nitrogen and oxygen atoms in total. The second-order valence-electron chi connectivity index (χ2n) is 2.99. The first-order valence-corrected chi connectivity index (χ1v) is 4.26. The van der Waals surface area contributed by atoms with Crippen LogP contribution in [0, 0.1) is 11.3 Å². The molecule has 0 bridgehead atoms. The van der Waals surface area contributed by atoms with Crippen LogP contribution in [0.5, 0.6) is 0 Å². The van der Waals surface area contributed by atoms with Crippen molar-refractivity contribution < 1.29 is 9.59 Å². The van der Waals surface area contributed by atoms with E-state index in [9.17, 15) is 14.8 Å². The Labute approximate surface area is 85.3 Å². The fraction of sp³-hybridized carbons (Fsp3) is 0.100. The maximum atomic E-state index is 11.6. The molecule has 0 N–H and O–H groups in total. The average Bonchev–Trinajstić information content (AvgIpc) is 2.51. The topological polar surface area (TPSA) is 64.8 Å². The summed E-state index contributed by atoms with van der Waals surface area (Å²) in [6.45, 7) is -0.199. The van der Waals surface area contributed by atoms with Gasteiger partial charge >= 0.3 is 6.07 Å². The van der Waals surface area contributed by atoms with Gasteiger partial charge in [0.15, 0.2) is 6.54 Å². The zero-order valence-corrected chi connectivity index (χ0v) is 7.64. The standard InChI is InChI=1S/C10H6N2O3/c13-9-7-3-1-2-4-8(7)10(14)12(9)6-5-11-15/h1-4H,6H2. The van der Waals surface area contributed by atoms with Crippen molar-refractivity contribution in [3.8, 4) is 6.07 Å². The van der Waals surface area contributed by atoms with Crippen molar-refractivity contribution in [1.29, 1.82) is 0 Å². The van der Waals surface area contributed by atoms with Crippen LogP contribution in [0.15, 0.2) is 24.3 Å². The molecule has 0 saturated carbocycles. The molecule has 0 atom stereocenters. The summed E-state index contributed by atoms with van der Waals surface area (Å²) in [7, 11) is 0. The molecule has 1 heterocycles. The highest BCUT2D eigenvalue weighted by atomic mass is 16.4. The Morgan fingerprint density at radius 2 is 1.73 bits per heavy atom. The van der Waals surface area contributed by atoms with E-state index < -0.39 is 11.8 Å². The highest BCUT2D eigenvalue weighted by Crippen LogP contribution is 2.21. The van der Waals surface area contributed by atoms with E-state index in [0.29, 0.717) is 11.1 Å². The number of hydrogen-bond donors (Lipinski definition) is 0. The predicted molar refractivity (Wildman–Crippen MR) is 52.4 cm³/mol. The lowest BCUT2D eigenvalue weighted by Gasteiger charge is -2.05. The fourth-order valence-electron chi connectivity index (χ4n) is 1.48. The maximum Gasteiger partial charge on any atom is 0.320 e. The van der Waals surface area contributed by atoms with E-state index in [1.807, 2.05) is 6.07 Å². The maximum absolute atomic E-state index is 11.6. The summed E-state index contributed by atoms with van der Waals surface area (Å²) in [6, 6.07) is 8.55. The quantitative estimate of drug-likeness (QED) is 0.389. The highest BCUT2D eigenvalue weighted by molar-refractivity contribution is 6.21. The number of nitrogens with zero attached hydrogens (tertiary/aromatic N) is 2. The molecular weight excluding hydrogens is 196 g/mol. The molecule has 74 valence electrons. The molecule has 15 heavy (non-hydrogen) atoms. The Bertz CT molecular complexity index is 464. The summed E-state index contributed by atoms with van der Waals surface area (Å²) in [4.78, 5) is 24.2. The van der Waals surface area contributed by atoms with Crippen molar-refractivity contribution in [3.63, 3.8) is 0 Å². The minimum atomic E-state index is -0.410. The molecule has 1 aromatic rings. The Hall–Kier alpha value is -2.35. The monoisotopic (exact) mass is 202 g/mol. The lowest BCUT2D eigenvalue weighted by molar-refractivity contribution is 0.0675. The third kappa shape index (κ3) is 1.32. The summed E-state index contributed by atoms with van der Waals surface area (Å²) in [5.74, 6) is -0.821. The molecule has 0 spiro atoms. The molecule has 0 radical (unpaired) electrons. The van der Waals surface area contributed by atoms with Crippen molar-refractivity contribution in [2.45, 2.75) is 0 Å². The number of carbonyl (C=O) groups excluding carboxylic acids is 2. The van der Waals surface area contributed by atoms with Crippen molar-refractivity contribution in [3.05, 3.63) is 45.6 Å². The Morgan fingerprint density at radius 1 is 1.20 bits per heavy atom. The molecule has 0 saturated heterocycles. The van der Waals surface area contributed by atoms with Crippen LogP contribution in [0.4, 0.5) is 0 Å². The van der Waals surface area contributed by atoms with E-state index in [1.165, 1.54) is 0 Å². The molecular formula is C10H6N2O3. The van der Waals surface area contributed by atoms with Gasteiger partial charge in [-0.15, -0.1) is 0 Å². The van der Waals surface area contributed by atoms with Crippen LogP contribution < -0.4 is 0 Å². The normalized spacial score (nSPS) is 13.5. The predicted octanol–water partition coefficient (Wildman–Crippen LogP) is 1.11. The van der Waals surface area contributed by atoms with Crippen molar-refractivity contribution in [1.82, 2.24) is 4.90 Å². The zero-order valence-electron chi connectivity index (χ0n) is 7.64. The van der Waals surface area contributed by atoms with Gasteiger partial charge in [-0.1, -0.05) is 12.1 Å². The summed E-state index contributed by atoms with van der Waals surface area (Å²) in [6.07, 6.45) is 0. The molecule has 0 unspecified atom stereocenters. The molecule has 2 amide bonds. The molecule has 1 aromatic carbocycles. The second kappa shape index (κ2) is 3.42. The van der Waals surface area contributed by atoms with Crippen LogP contribution in [0.3, 0.4) is 0 Å². The van der Waals surface area contributed by atoms with Gasteiger partial charge in [0, 0.05) is 5.01 Å². The van der Waals surface area contributed by atoms with Crippen LogP contribution in [-0.4, -0.2) is 23.3 Å². The van der Waals surface area contributed by atoms with Crippen molar-refractivity contribution in [2.24, 2.45) is 0 Å². The Morgan fingerprint density at radius 3 is 2.20 bits per heavy atom. The van der Waals surface area contributed by atoms with E-state index in [-0.39, 0.29) is 6.54 Å². The molecule has 0 aliphatic carbocycles. The van der Waals surface area contributed by atoms with Gasteiger partial charge < -0.3 is 5.21 Å². The van der Waals surface area contributed by atoms with E-state index in [4.69, 9.17) is 0 Å². The Kier molecular flexibility index (Phi) is 2.10. The van der Waals surface area contributed by atoms with Gasteiger partial charge in [0.2, 0.25) is 0 Å². The molecule has 5 heteroatoms. The highest BCUT2D eigenvalue weighted by Gasteiger charge is 2.35. The number of rotatable bonds is 1. The number of benzene rings is 1. The number of fused-ring (bicyclic) bond motifs is 1. The van der Waals surface area contributed by atoms with Crippen LogP contribution >= 0.6 is 0 Å². The number of hydrogen-bond acceptors (Lipinski definition) is 3. The zero-order chi connectivity index (χ0) is 10.8. The average molecular weight is 202 g/mol. The molecule has 2 rings (SSSR count). The summed E-state index contributed by atoms with van der Waals surface area (Å²) < 4.78 is 0. The molecule has 1 aliphatic heterocycles. The first kappa shape index (κ1) is 9.21. The number of imide groups is 1. The second-order valence-corrected chi connectivity index (χ2v) is 2.99. The van der Waals surface area contributed by atoms with E-state index >= 15 is 0 Å².